The van der Waals surface area contributed by atoms with Crippen LogP contribution in [0.15, 0.2) is 83.8 Å². The second-order valence-electron chi connectivity index (χ2n) is 5.86. The molecule has 5 heteroatoms. The third kappa shape index (κ3) is 6.35. The Bertz CT molecular complexity index is 869. The maximum absolute atomic E-state index is 12.3. The first-order valence-electron chi connectivity index (χ1n) is 8.64. The molecule has 0 spiro atoms. The van der Waals surface area contributed by atoms with Crippen LogP contribution in [0.5, 0.6) is 5.75 Å². The molecule has 0 aliphatic rings. The average Bonchev–Trinajstić information content (AvgIpc) is 2.72. The van der Waals surface area contributed by atoms with Crippen LogP contribution in [0.1, 0.15) is 15.9 Å². The third-order valence-electron chi connectivity index (χ3n) is 3.81. The zero-order valence-electron chi connectivity index (χ0n) is 14.7. The van der Waals surface area contributed by atoms with E-state index in [0.29, 0.717) is 24.5 Å². The molecule has 0 aromatic heterocycles. The molecule has 0 aliphatic heterocycles. The molecule has 3 aromatic rings. The van der Waals surface area contributed by atoms with Gasteiger partial charge in [-0.1, -0.05) is 48.0 Å². The minimum Gasteiger partial charge on any atom is -0.489 e. The van der Waals surface area contributed by atoms with Gasteiger partial charge in [0.2, 0.25) is 0 Å². The fraction of sp³-hybridized carbons (Fsp3) is 0.136. The summed E-state index contributed by atoms with van der Waals surface area (Å²) in [6.07, 6.45) is 0. The van der Waals surface area contributed by atoms with E-state index in [2.05, 4.69) is 5.32 Å². The van der Waals surface area contributed by atoms with Crippen molar-refractivity contribution in [3.8, 4) is 5.75 Å². The summed E-state index contributed by atoms with van der Waals surface area (Å²) < 4.78 is 5.78. The van der Waals surface area contributed by atoms with Gasteiger partial charge in [0, 0.05) is 27.8 Å². The van der Waals surface area contributed by atoms with E-state index in [1.807, 2.05) is 66.7 Å². The first-order valence-corrected chi connectivity index (χ1v) is 10.0. The molecule has 0 saturated carbocycles. The number of carbonyl (C=O) groups excluding carboxylic acids is 1. The van der Waals surface area contributed by atoms with Crippen molar-refractivity contribution < 1.29 is 9.53 Å². The van der Waals surface area contributed by atoms with Crippen LogP contribution in [0.2, 0.25) is 5.02 Å². The Morgan fingerprint density at radius 2 is 1.74 bits per heavy atom. The lowest BCUT2D eigenvalue weighted by Crippen LogP contribution is -2.25. The molecule has 1 N–H and O–H groups in total. The maximum Gasteiger partial charge on any atom is 0.251 e. The molecular formula is C22H20ClNO2S. The van der Waals surface area contributed by atoms with Crippen molar-refractivity contribution in [1.29, 1.82) is 0 Å². The lowest BCUT2D eigenvalue weighted by molar-refractivity contribution is 0.0955. The molecule has 0 unspecified atom stereocenters. The van der Waals surface area contributed by atoms with E-state index >= 15 is 0 Å². The standard InChI is InChI=1S/C22H20ClNO2S/c23-19-9-11-21(12-10-19)27-14-13-24-22(25)18-7-4-8-20(15-18)26-16-17-5-2-1-3-6-17/h1-12,15H,13-14,16H2,(H,24,25). The van der Waals surface area contributed by atoms with E-state index in [1.165, 1.54) is 0 Å². The summed E-state index contributed by atoms with van der Waals surface area (Å²) in [5, 5.41) is 3.66. The molecule has 0 radical (unpaired) electrons. The highest BCUT2D eigenvalue weighted by Gasteiger charge is 2.06. The van der Waals surface area contributed by atoms with E-state index in [0.717, 1.165) is 21.2 Å². The quantitative estimate of drug-likeness (QED) is 0.406. The highest BCUT2D eigenvalue weighted by atomic mass is 35.5. The lowest BCUT2D eigenvalue weighted by Gasteiger charge is -2.09. The first kappa shape index (κ1) is 19.3. The number of nitrogens with one attached hydrogen (secondary N) is 1. The Morgan fingerprint density at radius 1 is 0.963 bits per heavy atom. The van der Waals surface area contributed by atoms with Gasteiger partial charge in [0.25, 0.3) is 5.91 Å². The fourth-order valence-electron chi connectivity index (χ4n) is 2.43. The second-order valence-corrected chi connectivity index (χ2v) is 7.47. The molecular weight excluding hydrogens is 378 g/mol. The van der Waals surface area contributed by atoms with Crippen molar-refractivity contribution in [3.63, 3.8) is 0 Å². The predicted molar refractivity (Wildman–Crippen MR) is 112 cm³/mol. The fourth-order valence-corrected chi connectivity index (χ4v) is 3.33. The molecule has 27 heavy (non-hydrogen) atoms. The van der Waals surface area contributed by atoms with Crippen LogP contribution in [-0.4, -0.2) is 18.2 Å². The van der Waals surface area contributed by atoms with E-state index in [9.17, 15) is 4.79 Å². The van der Waals surface area contributed by atoms with E-state index in [1.54, 1.807) is 23.9 Å². The number of hydrogen-bond acceptors (Lipinski definition) is 3. The van der Waals surface area contributed by atoms with Gasteiger partial charge < -0.3 is 10.1 Å². The Hall–Kier alpha value is -2.43. The van der Waals surface area contributed by atoms with Crippen LogP contribution >= 0.6 is 23.4 Å². The SMILES string of the molecule is O=C(NCCSc1ccc(Cl)cc1)c1cccc(OCc2ccccc2)c1. The number of thioether (sulfide) groups is 1. The smallest absolute Gasteiger partial charge is 0.251 e. The van der Waals surface area contributed by atoms with Crippen molar-refractivity contribution in [2.75, 3.05) is 12.3 Å². The molecule has 138 valence electrons. The number of halogens is 1. The molecule has 3 rings (SSSR count). The van der Waals surface area contributed by atoms with E-state index in [4.69, 9.17) is 16.3 Å². The topological polar surface area (TPSA) is 38.3 Å². The molecule has 0 atom stereocenters. The largest absolute Gasteiger partial charge is 0.489 e. The van der Waals surface area contributed by atoms with Gasteiger partial charge in [-0.15, -0.1) is 11.8 Å². The molecule has 3 aromatic carbocycles. The molecule has 0 fully saturated rings. The zero-order valence-corrected chi connectivity index (χ0v) is 16.3. The van der Waals surface area contributed by atoms with Crippen molar-refractivity contribution in [2.45, 2.75) is 11.5 Å². The van der Waals surface area contributed by atoms with Gasteiger partial charge in [0.05, 0.1) is 0 Å². The summed E-state index contributed by atoms with van der Waals surface area (Å²) in [7, 11) is 0. The van der Waals surface area contributed by atoms with Gasteiger partial charge >= 0.3 is 0 Å². The van der Waals surface area contributed by atoms with Crippen LogP contribution in [0.3, 0.4) is 0 Å². The lowest BCUT2D eigenvalue weighted by atomic mass is 10.2. The maximum atomic E-state index is 12.3. The number of rotatable bonds is 8. The molecule has 1 amide bonds. The molecule has 0 saturated heterocycles. The summed E-state index contributed by atoms with van der Waals surface area (Å²) in [5.41, 5.74) is 1.68. The summed E-state index contributed by atoms with van der Waals surface area (Å²) in [5.74, 6) is 1.37. The number of ether oxygens (including phenoxy) is 1. The summed E-state index contributed by atoms with van der Waals surface area (Å²) >= 11 is 7.55. The minimum atomic E-state index is -0.100. The van der Waals surface area contributed by atoms with Crippen molar-refractivity contribution >= 4 is 29.3 Å². The van der Waals surface area contributed by atoms with Crippen LogP contribution in [0.4, 0.5) is 0 Å². The van der Waals surface area contributed by atoms with Gasteiger partial charge in [-0.05, 0) is 48.0 Å². The van der Waals surface area contributed by atoms with Crippen molar-refractivity contribution in [1.82, 2.24) is 5.32 Å². The van der Waals surface area contributed by atoms with Crippen LogP contribution in [0, 0.1) is 0 Å². The van der Waals surface area contributed by atoms with Crippen molar-refractivity contribution in [2.24, 2.45) is 0 Å². The number of hydrogen-bond donors (Lipinski definition) is 1. The van der Waals surface area contributed by atoms with Crippen LogP contribution in [0.25, 0.3) is 0 Å². The van der Waals surface area contributed by atoms with Gasteiger partial charge in [-0.2, -0.15) is 0 Å². The van der Waals surface area contributed by atoms with E-state index < -0.39 is 0 Å². The Labute approximate surface area is 168 Å². The van der Waals surface area contributed by atoms with Gasteiger partial charge in [-0.3, -0.25) is 4.79 Å². The molecule has 0 aliphatic carbocycles. The van der Waals surface area contributed by atoms with Gasteiger partial charge in [-0.25, -0.2) is 0 Å². The second kappa shape index (κ2) is 10.0. The summed E-state index contributed by atoms with van der Waals surface area (Å²) in [6, 6.07) is 24.9. The Balaban J connectivity index is 1.46. The summed E-state index contributed by atoms with van der Waals surface area (Å²) in [4.78, 5) is 13.5. The molecule has 0 bridgehead atoms. The van der Waals surface area contributed by atoms with Crippen LogP contribution < -0.4 is 10.1 Å². The highest BCUT2D eigenvalue weighted by molar-refractivity contribution is 7.99. The zero-order chi connectivity index (χ0) is 18.9. The Kier molecular flexibility index (Phi) is 7.19. The molecule has 0 heterocycles. The monoisotopic (exact) mass is 397 g/mol. The third-order valence-corrected chi connectivity index (χ3v) is 5.08. The summed E-state index contributed by atoms with van der Waals surface area (Å²) in [6.45, 7) is 1.06. The van der Waals surface area contributed by atoms with Crippen molar-refractivity contribution in [3.05, 3.63) is 95.0 Å². The minimum absolute atomic E-state index is 0.100. The first-order chi connectivity index (χ1) is 13.2. The number of carbonyl (C=O) groups is 1. The van der Waals surface area contributed by atoms with Gasteiger partial charge in [0.15, 0.2) is 0 Å². The number of benzene rings is 3. The normalized spacial score (nSPS) is 10.4. The average molecular weight is 398 g/mol. The Morgan fingerprint density at radius 3 is 2.52 bits per heavy atom. The van der Waals surface area contributed by atoms with Crippen LogP contribution in [-0.2, 0) is 6.61 Å². The number of amides is 1. The highest BCUT2D eigenvalue weighted by Crippen LogP contribution is 2.20. The van der Waals surface area contributed by atoms with E-state index in [-0.39, 0.29) is 5.91 Å². The predicted octanol–water partition coefficient (Wildman–Crippen LogP) is 5.44. The van der Waals surface area contributed by atoms with Gasteiger partial charge in [0.1, 0.15) is 12.4 Å². The molecule has 3 nitrogen and oxygen atoms in total.